The number of aryl methyl sites for hydroxylation is 1. The van der Waals surface area contributed by atoms with Crippen LogP contribution in [-0.4, -0.2) is 0 Å². The van der Waals surface area contributed by atoms with Crippen LogP contribution in [0, 0.1) is 12.8 Å². The lowest BCUT2D eigenvalue weighted by Crippen LogP contribution is -2.09. The molecule has 0 aliphatic heterocycles. The Kier molecular flexibility index (Phi) is 6.45. The highest BCUT2D eigenvalue weighted by molar-refractivity contribution is 5.29. The van der Waals surface area contributed by atoms with Crippen LogP contribution in [0.25, 0.3) is 0 Å². The van der Waals surface area contributed by atoms with E-state index in [1.54, 1.807) is 0 Å². The lowest BCUT2D eigenvalue weighted by molar-refractivity contribution is 0.446. The fourth-order valence-corrected chi connectivity index (χ4v) is 3.09. The highest BCUT2D eigenvalue weighted by Gasteiger charge is 2.17. The Balaban J connectivity index is 2.15. The van der Waals surface area contributed by atoms with Gasteiger partial charge in [0.25, 0.3) is 0 Å². The third-order valence-corrected chi connectivity index (χ3v) is 4.56. The maximum absolute atomic E-state index is 2.43. The van der Waals surface area contributed by atoms with Gasteiger partial charge in [0.15, 0.2) is 0 Å². The lowest BCUT2D eigenvalue weighted by Gasteiger charge is -2.23. The van der Waals surface area contributed by atoms with Crippen LogP contribution in [0.2, 0.25) is 0 Å². The van der Waals surface area contributed by atoms with E-state index in [4.69, 9.17) is 0 Å². The number of hydrogen-bond donors (Lipinski definition) is 0. The fraction of sp³-hybridized carbons (Fsp3) is 0.364. The van der Waals surface area contributed by atoms with E-state index in [2.05, 4.69) is 87.5 Å². The lowest BCUT2D eigenvalue weighted by atomic mass is 9.82. The molecular formula is C22H28. The Morgan fingerprint density at radius 1 is 0.864 bits per heavy atom. The van der Waals surface area contributed by atoms with Crippen molar-refractivity contribution in [3.63, 3.8) is 0 Å². The minimum atomic E-state index is 0.527. The van der Waals surface area contributed by atoms with E-state index in [1.165, 1.54) is 29.5 Å². The van der Waals surface area contributed by atoms with E-state index in [1.807, 2.05) is 0 Å². The second-order valence-electron chi connectivity index (χ2n) is 6.13. The molecule has 0 N–H and O–H groups in total. The summed E-state index contributed by atoms with van der Waals surface area (Å²) >= 11 is 0. The van der Waals surface area contributed by atoms with Gasteiger partial charge in [-0.1, -0.05) is 99.0 Å². The number of allylic oxidation sites excluding steroid dienone is 2. The van der Waals surface area contributed by atoms with Gasteiger partial charge in [0.05, 0.1) is 0 Å². The minimum absolute atomic E-state index is 0.527. The summed E-state index contributed by atoms with van der Waals surface area (Å²) in [4.78, 5) is 0. The molecule has 0 bridgehead atoms. The molecule has 0 fully saturated rings. The van der Waals surface area contributed by atoms with Crippen molar-refractivity contribution < 1.29 is 0 Å². The molecule has 0 radical (unpaired) electrons. The molecular weight excluding hydrogens is 264 g/mol. The summed E-state index contributed by atoms with van der Waals surface area (Å²) in [6.45, 7) is 6.77. The normalized spacial score (nSPS) is 12.9. The molecule has 2 aromatic carbocycles. The van der Waals surface area contributed by atoms with Crippen molar-refractivity contribution in [1.29, 1.82) is 0 Å². The Bertz CT molecular complexity index is 559. The van der Waals surface area contributed by atoms with Gasteiger partial charge in [-0.05, 0) is 30.4 Å². The molecule has 2 aromatic rings. The monoisotopic (exact) mass is 292 g/mol. The van der Waals surface area contributed by atoms with Crippen molar-refractivity contribution in [3.05, 3.63) is 83.4 Å². The molecule has 0 saturated carbocycles. The van der Waals surface area contributed by atoms with Crippen LogP contribution >= 0.6 is 0 Å². The van der Waals surface area contributed by atoms with Crippen molar-refractivity contribution >= 4 is 0 Å². The second-order valence-corrected chi connectivity index (χ2v) is 6.13. The van der Waals surface area contributed by atoms with Crippen molar-refractivity contribution in [2.24, 2.45) is 5.92 Å². The Morgan fingerprint density at radius 2 is 1.50 bits per heavy atom. The third-order valence-electron chi connectivity index (χ3n) is 4.56. The van der Waals surface area contributed by atoms with Crippen molar-refractivity contribution in [1.82, 2.24) is 0 Å². The highest BCUT2D eigenvalue weighted by Crippen LogP contribution is 2.31. The summed E-state index contributed by atoms with van der Waals surface area (Å²) in [5, 5.41) is 0. The van der Waals surface area contributed by atoms with Crippen LogP contribution in [0.5, 0.6) is 0 Å². The zero-order valence-corrected chi connectivity index (χ0v) is 14.1. The van der Waals surface area contributed by atoms with E-state index in [9.17, 15) is 0 Å². The molecule has 0 heterocycles. The Hall–Kier alpha value is -1.82. The summed E-state index contributed by atoms with van der Waals surface area (Å²) in [6, 6.07) is 19.8. The molecule has 1 unspecified atom stereocenters. The van der Waals surface area contributed by atoms with Gasteiger partial charge >= 0.3 is 0 Å². The first-order valence-electron chi connectivity index (χ1n) is 8.51. The van der Waals surface area contributed by atoms with Gasteiger partial charge in [0.2, 0.25) is 0 Å². The van der Waals surface area contributed by atoms with E-state index < -0.39 is 0 Å². The van der Waals surface area contributed by atoms with Gasteiger partial charge in [0, 0.05) is 5.92 Å². The van der Waals surface area contributed by atoms with Crippen molar-refractivity contribution in [3.8, 4) is 0 Å². The first kappa shape index (κ1) is 16.5. The predicted octanol–water partition coefficient (Wildman–Crippen LogP) is 6.31. The summed E-state index contributed by atoms with van der Waals surface area (Å²) in [7, 11) is 0. The maximum Gasteiger partial charge on any atom is 0.00461 e. The molecule has 0 amide bonds. The average Bonchev–Trinajstić information content (AvgIpc) is 2.56. The van der Waals surface area contributed by atoms with Crippen LogP contribution in [0.15, 0.2) is 66.7 Å². The van der Waals surface area contributed by atoms with Crippen LogP contribution in [0.1, 0.15) is 49.3 Å². The zero-order chi connectivity index (χ0) is 15.8. The largest absolute Gasteiger partial charge is 0.0835 e. The Labute approximate surface area is 135 Å². The molecule has 0 nitrogen and oxygen atoms in total. The standard InChI is InChI=1S/C22H28/c1-4-20(5-2)22(21-16-14-18(3)15-17-21)13-9-12-19-10-7-6-8-11-19/h6-11,13-17,20,22H,4-5,12H2,1-3H3/b13-9+. The summed E-state index contributed by atoms with van der Waals surface area (Å²) in [6.07, 6.45) is 8.24. The van der Waals surface area contributed by atoms with Crippen LogP contribution in [0.4, 0.5) is 0 Å². The minimum Gasteiger partial charge on any atom is -0.0835 e. The Morgan fingerprint density at radius 3 is 2.09 bits per heavy atom. The molecule has 0 aromatic heterocycles. The van der Waals surface area contributed by atoms with E-state index in [-0.39, 0.29) is 0 Å². The average molecular weight is 292 g/mol. The van der Waals surface area contributed by atoms with Gasteiger partial charge in [0.1, 0.15) is 0 Å². The maximum atomic E-state index is 2.43. The first-order valence-corrected chi connectivity index (χ1v) is 8.51. The molecule has 116 valence electrons. The second kappa shape index (κ2) is 8.58. The molecule has 0 aliphatic carbocycles. The van der Waals surface area contributed by atoms with Crippen LogP contribution in [0.3, 0.4) is 0 Å². The molecule has 0 aliphatic rings. The van der Waals surface area contributed by atoms with Gasteiger partial charge in [-0.3, -0.25) is 0 Å². The topological polar surface area (TPSA) is 0 Å². The number of rotatable bonds is 7. The van der Waals surface area contributed by atoms with Crippen LogP contribution in [-0.2, 0) is 6.42 Å². The van der Waals surface area contributed by atoms with Crippen LogP contribution < -0.4 is 0 Å². The van der Waals surface area contributed by atoms with E-state index in [0.29, 0.717) is 5.92 Å². The first-order chi connectivity index (χ1) is 10.7. The quantitative estimate of drug-likeness (QED) is 0.524. The molecule has 22 heavy (non-hydrogen) atoms. The summed E-state index contributed by atoms with van der Waals surface area (Å²) < 4.78 is 0. The third kappa shape index (κ3) is 4.59. The predicted molar refractivity (Wildman–Crippen MR) is 97.3 cm³/mol. The van der Waals surface area contributed by atoms with E-state index >= 15 is 0 Å². The number of benzene rings is 2. The van der Waals surface area contributed by atoms with E-state index in [0.717, 1.165) is 12.3 Å². The summed E-state index contributed by atoms with van der Waals surface area (Å²) in [5.41, 5.74) is 4.16. The SMILES string of the molecule is CCC(CC)C(/C=C/Cc1ccccc1)c1ccc(C)cc1. The van der Waals surface area contributed by atoms with Gasteiger partial charge < -0.3 is 0 Å². The summed E-state index contributed by atoms with van der Waals surface area (Å²) in [5.74, 6) is 1.24. The van der Waals surface area contributed by atoms with Gasteiger partial charge in [-0.15, -0.1) is 0 Å². The van der Waals surface area contributed by atoms with Gasteiger partial charge in [-0.25, -0.2) is 0 Å². The zero-order valence-electron chi connectivity index (χ0n) is 14.1. The smallest absolute Gasteiger partial charge is 0.00461 e. The number of hydrogen-bond acceptors (Lipinski definition) is 0. The highest BCUT2D eigenvalue weighted by atomic mass is 14.2. The van der Waals surface area contributed by atoms with Crippen molar-refractivity contribution in [2.75, 3.05) is 0 Å². The van der Waals surface area contributed by atoms with Crippen molar-refractivity contribution in [2.45, 2.75) is 46.0 Å². The van der Waals surface area contributed by atoms with Gasteiger partial charge in [-0.2, -0.15) is 0 Å². The molecule has 1 atom stereocenters. The molecule has 2 rings (SSSR count). The molecule has 0 spiro atoms. The fourth-order valence-electron chi connectivity index (χ4n) is 3.09. The molecule has 0 heteroatoms. The molecule has 0 saturated heterocycles.